The number of nitrogens with zero attached hydrogens (tertiary/aromatic N) is 6. The lowest BCUT2D eigenvalue weighted by atomic mass is 10.1. The lowest BCUT2D eigenvalue weighted by molar-refractivity contribution is -0.137. The smallest absolute Gasteiger partial charge is 0.416 e. The van der Waals surface area contributed by atoms with Crippen LogP contribution in [-0.4, -0.2) is 61.8 Å². The maximum absolute atomic E-state index is 15.1. The van der Waals surface area contributed by atoms with E-state index < -0.39 is 29.1 Å². The van der Waals surface area contributed by atoms with Crippen LogP contribution in [0.25, 0.3) is 16.6 Å². The van der Waals surface area contributed by atoms with Crippen molar-refractivity contribution in [3.63, 3.8) is 0 Å². The average molecular weight is 561 g/mol. The van der Waals surface area contributed by atoms with Crippen LogP contribution in [0, 0.1) is 5.82 Å². The summed E-state index contributed by atoms with van der Waals surface area (Å²) in [6.45, 7) is 3.45. The predicted octanol–water partition coefficient (Wildman–Crippen LogP) is 3.53. The molecule has 3 aromatic heterocycles. The third-order valence-corrected chi connectivity index (χ3v) is 6.34. The summed E-state index contributed by atoms with van der Waals surface area (Å²) in [6.07, 6.45) is -1.79. The third kappa shape index (κ3) is 5.74. The molecule has 4 N–H and O–H groups in total. The molecule has 0 atom stereocenters. The highest BCUT2D eigenvalue weighted by Gasteiger charge is 2.30. The number of nitrogen functional groups attached to an aromatic ring is 1. The van der Waals surface area contributed by atoms with E-state index in [2.05, 4.69) is 25.3 Å². The van der Waals surface area contributed by atoms with Crippen molar-refractivity contribution in [3.8, 4) is 11.1 Å². The lowest BCUT2D eigenvalue weighted by Crippen LogP contribution is -2.26. The third-order valence-electron chi connectivity index (χ3n) is 6.34. The van der Waals surface area contributed by atoms with Crippen LogP contribution < -0.4 is 16.5 Å². The van der Waals surface area contributed by atoms with E-state index in [0.717, 1.165) is 25.2 Å². The number of anilines is 2. The number of aromatic nitrogens is 4. The van der Waals surface area contributed by atoms with Crippen molar-refractivity contribution in [1.29, 1.82) is 0 Å². The van der Waals surface area contributed by atoms with E-state index in [-0.39, 0.29) is 16.2 Å². The number of pyridine rings is 1. The molecule has 210 valence electrons. The Morgan fingerprint density at radius 2 is 2.00 bits per heavy atom. The van der Waals surface area contributed by atoms with E-state index in [0.29, 0.717) is 54.7 Å². The molecule has 1 fully saturated rings. The van der Waals surface area contributed by atoms with E-state index in [9.17, 15) is 23.2 Å². The van der Waals surface area contributed by atoms with Gasteiger partial charge in [-0.25, -0.2) is 18.7 Å². The van der Waals surface area contributed by atoms with Gasteiger partial charge in [0, 0.05) is 38.0 Å². The van der Waals surface area contributed by atoms with Crippen molar-refractivity contribution in [2.75, 3.05) is 37.4 Å². The number of alkyl halides is 3. The number of rotatable bonds is 4. The van der Waals surface area contributed by atoms with E-state index in [1.165, 1.54) is 18.5 Å². The van der Waals surface area contributed by atoms with Crippen LogP contribution >= 0.6 is 0 Å². The first kappa shape index (κ1) is 27.1. The molecule has 2 amide bonds. The number of fused-ring (bicyclic) bond motifs is 1. The summed E-state index contributed by atoms with van der Waals surface area (Å²) in [5.41, 5.74) is 6.40. The Morgan fingerprint density at radius 1 is 1.18 bits per heavy atom. The number of carbonyl (C=O) groups excluding carboxylic acids is 1. The number of hydrogen-bond acceptors (Lipinski definition) is 7. The molecule has 4 heterocycles. The number of nitrogens with two attached hydrogens (primary N) is 1. The first-order valence-electron chi connectivity index (χ1n) is 12.2. The summed E-state index contributed by atoms with van der Waals surface area (Å²) >= 11 is 0. The standard InChI is InChI=1S/C25H24F4N8O3/c26-19-10-15(2-3-20(19)33-24(38)34-21-11-16(25(27,28)29)4-6-36(21)39)18-12-17(13-35-5-1-8-40-9-7-35)37-22(18)23(30)31-14-32-37/h2-4,6,10-12,14,39H,1,5,7-9,13H2,(H,33,38)(H2,30,31,32). The van der Waals surface area contributed by atoms with Gasteiger partial charge in [-0.2, -0.15) is 28.0 Å². The molecule has 5 rings (SSSR count). The van der Waals surface area contributed by atoms with Gasteiger partial charge in [0.05, 0.1) is 23.6 Å². The zero-order chi connectivity index (χ0) is 28.4. The van der Waals surface area contributed by atoms with Gasteiger partial charge in [-0.15, -0.1) is 0 Å². The minimum Gasteiger partial charge on any atom is -0.427 e. The molecule has 0 radical (unpaired) electrons. The molecular weight excluding hydrogens is 536 g/mol. The SMILES string of the molecule is Nc1ncnn2c(CN3CCCOCC3)cc(-c3ccc(NC(=O)N=c4cc(C(F)(F)F)ccn4O)c(F)c3)c12. The molecule has 0 unspecified atom stereocenters. The Bertz CT molecular complexity index is 1620. The molecule has 0 bridgehead atoms. The summed E-state index contributed by atoms with van der Waals surface area (Å²) in [5.74, 6) is -0.631. The van der Waals surface area contributed by atoms with Gasteiger partial charge in [-0.3, -0.25) is 4.90 Å². The molecule has 11 nitrogen and oxygen atoms in total. The maximum Gasteiger partial charge on any atom is 0.416 e. The number of halogens is 4. The van der Waals surface area contributed by atoms with Gasteiger partial charge in [-0.1, -0.05) is 6.07 Å². The number of amides is 2. The molecule has 0 spiro atoms. The zero-order valence-electron chi connectivity index (χ0n) is 20.9. The summed E-state index contributed by atoms with van der Waals surface area (Å²) in [5, 5.41) is 16.2. The van der Waals surface area contributed by atoms with E-state index >= 15 is 4.39 Å². The number of benzene rings is 1. The average Bonchev–Trinajstić information content (AvgIpc) is 3.07. The van der Waals surface area contributed by atoms with E-state index in [1.807, 2.05) is 6.07 Å². The van der Waals surface area contributed by atoms with Crippen molar-refractivity contribution in [2.45, 2.75) is 19.1 Å². The Labute approximate surface area is 224 Å². The van der Waals surface area contributed by atoms with Crippen LogP contribution in [0.3, 0.4) is 0 Å². The Balaban J connectivity index is 1.43. The fourth-order valence-electron chi connectivity index (χ4n) is 4.42. The lowest BCUT2D eigenvalue weighted by Gasteiger charge is -2.18. The van der Waals surface area contributed by atoms with Gasteiger partial charge < -0.3 is 21.0 Å². The van der Waals surface area contributed by atoms with Gasteiger partial charge in [0.2, 0.25) is 0 Å². The molecule has 4 aromatic rings. The highest BCUT2D eigenvalue weighted by Crippen LogP contribution is 2.33. The van der Waals surface area contributed by atoms with Gasteiger partial charge in [-0.05, 0) is 42.3 Å². The second-order valence-corrected chi connectivity index (χ2v) is 9.05. The van der Waals surface area contributed by atoms with Crippen LogP contribution in [0.4, 0.5) is 33.9 Å². The molecular formula is C25H24F4N8O3. The van der Waals surface area contributed by atoms with Crippen LogP contribution in [0.5, 0.6) is 0 Å². The van der Waals surface area contributed by atoms with E-state index in [1.54, 1.807) is 10.6 Å². The van der Waals surface area contributed by atoms with Crippen LogP contribution in [0.15, 0.2) is 53.9 Å². The van der Waals surface area contributed by atoms with Crippen LogP contribution in [0.1, 0.15) is 17.7 Å². The quantitative estimate of drug-likeness (QED) is 0.257. The van der Waals surface area contributed by atoms with Crippen LogP contribution in [-0.2, 0) is 17.5 Å². The molecule has 0 aliphatic carbocycles. The zero-order valence-corrected chi connectivity index (χ0v) is 20.9. The minimum absolute atomic E-state index is 0.199. The van der Waals surface area contributed by atoms with Crippen molar-refractivity contribution < 1.29 is 32.3 Å². The highest BCUT2D eigenvalue weighted by molar-refractivity contribution is 5.92. The molecule has 1 aliphatic rings. The topological polar surface area (TPSA) is 135 Å². The normalized spacial score (nSPS) is 15.3. The van der Waals surface area contributed by atoms with Gasteiger partial charge in [0.25, 0.3) is 0 Å². The van der Waals surface area contributed by atoms with Crippen molar-refractivity contribution in [1.82, 2.24) is 24.2 Å². The monoisotopic (exact) mass is 560 g/mol. The van der Waals surface area contributed by atoms with Gasteiger partial charge in [0.15, 0.2) is 11.3 Å². The molecule has 0 saturated carbocycles. The summed E-state index contributed by atoms with van der Waals surface area (Å²) in [6, 6.07) is 5.77. The minimum atomic E-state index is -4.71. The second-order valence-electron chi connectivity index (χ2n) is 9.05. The summed E-state index contributed by atoms with van der Waals surface area (Å²) in [7, 11) is 0. The fourth-order valence-corrected chi connectivity index (χ4v) is 4.42. The summed E-state index contributed by atoms with van der Waals surface area (Å²) < 4.78 is 61.4. The number of ether oxygens (including phenoxy) is 1. The fraction of sp³-hybridized carbons (Fsp3) is 0.280. The van der Waals surface area contributed by atoms with Crippen molar-refractivity contribution in [3.05, 3.63) is 71.5 Å². The largest absolute Gasteiger partial charge is 0.427 e. The first-order chi connectivity index (χ1) is 19.1. The van der Waals surface area contributed by atoms with Gasteiger partial charge in [0.1, 0.15) is 17.7 Å². The maximum atomic E-state index is 15.1. The Hall–Kier alpha value is -4.50. The number of nitrogens with one attached hydrogen (secondary N) is 1. The Morgan fingerprint density at radius 3 is 2.77 bits per heavy atom. The molecule has 1 aliphatic heterocycles. The molecule has 1 aromatic carbocycles. The predicted molar refractivity (Wildman–Crippen MR) is 135 cm³/mol. The van der Waals surface area contributed by atoms with Crippen molar-refractivity contribution in [2.24, 2.45) is 4.99 Å². The molecule has 15 heteroatoms. The Kier molecular flexibility index (Phi) is 7.40. The summed E-state index contributed by atoms with van der Waals surface area (Å²) in [4.78, 5) is 22.0. The second kappa shape index (κ2) is 10.9. The van der Waals surface area contributed by atoms with E-state index in [4.69, 9.17) is 10.5 Å². The first-order valence-corrected chi connectivity index (χ1v) is 12.2. The van der Waals surface area contributed by atoms with Gasteiger partial charge >= 0.3 is 12.2 Å². The van der Waals surface area contributed by atoms with Crippen LogP contribution in [0.2, 0.25) is 0 Å². The molecule has 1 saturated heterocycles. The number of urea groups is 1. The number of carbonyl (C=O) groups is 1. The van der Waals surface area contributed by atoms with Crippen molar-refractivity contribution >= 4 is 23.1 Å². The highest BCUT2D eigenvalue weighted by atomic mass is 19.4. The molecule has 40 heavy (non-hydrogen) atoms. The number of hydrogen-bond donors (Lipinski definition) is 3.